The number of sulfonamides is 1. The highest BCUT2D eigenvalue weighted by Crippen LogP contribution is 2.27. The van der Waals surface area contributed by atoms with Crippen LogP contribution < -0.4 is 10.1 Å². The monoisotopic (exact) mass is 470 g/mol. The quantitative estimate of drug-likeness (QED) is 0.531. The number of carbonyl (C=O) groups excluding carboxylic acids is 1. The van der Waals surface area contributed by atoms with Gasteiger partial charge in [0, 0.05) is 13.1 Å². The number of rotatable bonds is 7. The summed E-state index contributed by atoms with van der Waals surface area (Å²) in [5.74, 6) is 0.253. The molecule has 1 aliphatic heterocycles. The van der Waals surface area contributed by atoms with Crippen LogP contribution in [0.2, 0.25) is 5.02 Å². The molecule has 3 aromatic carbocycles. The fraction of sp³-hybridized carbons (Fsp3) is 0.208. The molecule has 1 amide bonds. The van der Waals surface area contributed by atoms with Crippen LogP contribution in [0.3, 0.4) is 0 Å². The molecule has 1 N–H and O–H groups in total. The van der Waals surface area contributed by atoms with Crippen molar-refractivity contribution in [2.45, 2.75) is 17.9 Å². The smallest absolute Gasteiger partial charge is 0.252 e. The number of amides is 1. The standard InChI is InChI=1S/C24H23ClN2O4S/c25-23-11-10-21(32(29,30)27-14-12-18-6-4-5-7-19(18)17-27)16-22(23)24(28)26-13-15-31-20-8-2-1-3-9-20/h1-11,16H,12-15,17H2,(H,26,28). The van der Waals surface area contributed by atoms with Gasteiger partial charge in [-0.15, -0.1) is 0 Å². The lowest BCUT2D eigenvalue weighted by molar-refractivity contribution is 0.0947. The second-order valence-electron chi connectivity index (χ2n) is 7.42. The van der Waals surface area contributed by atoms with Gasteiger partial charge in [0.25, 0.3) is 5.91 Å². The van der Waals surface area contributed by atoms with Crippen LogP contribution in [0.15, 0.2) is 77.7 Å². The van der Waals surface area contributed by atoms with E-state index >= 15 is 0 Å². The molecule has 0 atom stereocenters. The minimum Gasteiger partial charge on any atom is -0.492 e. The highest BCUT2D eigenvalue weighted by atomic mass is 35.5. The van der Waals surface area contributed by atoms with Gasteiger partial charge in [0.05, 0.1) is 22.0 Å². The first-order valence-electron chi connectivity index (χ1n) is 10.3. The van der Waals surface area contributed by atoms with E-state index in [4.69, 9.17) is 16.3 Å². The van der Waals surface area contributed by atoms with Gasteiger partial charge in [-0.3, -0.25) is 4.79 Å². The predicted octanol–water partition coefficient (Wildman–Crippen LogP) is 3.90. The first kappa shape index (κ1) is 22.3. The van der Waals surface area contributed by atoms with Gasteiger partial charge in [0.1, 0.15) is 12.4 Å². The second-order valence-corrected chi connectivity index (χ2v) is 9.76. The Hall–Kier alpha value is -2.87. The maximum atomic E-state index is 13.2. The largest absolute Gasteiger partial charge is 0.492 e. The highest BCUT2D eigenvalue weighted by Gasteiger charge is 2.29. The Bertz CT molecular complexity index is 1220. The maximum absolute atomic E-state index is 13.2. The van der Waals surface area contributed by atoms with E-state index in [1.807, 2.05) is 54.6 Å². The van der Waals surface area contributed by atoms with Crippen LogP contribution in [-0.2, 0) is 23.0 Å². The Morgan fingerprint density at radius 1 is 1.00 bits per heavy atom. The van der Waals surface area contributed by atoms with Crippen LogP contribution in [0.1, 0.15) is 21.5 Å². The van der Waals surface area contributed by atoms with Gasteiger partial charge in [-0.2, -0.15) is 4.31 Å². The third-order valence-electron chi connectivity index (χ3n) is 5.32. The summed E-state index contributed by atoms with van der Waals surface area (Å²) in [6, 6.07) is 21.3. The minimum atomic E-state index is -3.77. The van der Waals surface area contributed by atoms with Crippen molar-refractivity contribution in [3.8, 4) is 5.75 Å². The Labute approximate surface area is 192 Å². The molecule has 1 aliphatic rings. The predicted molar refractivity (Wildman–Crippen MR) is 123 cm³/mol. The summed E-state index contributed by atoms with van der Waals surface area (Å²) in [7, 11) is -3.77. The molecule has 0 aromatic heterocycles. The Kier molecular flexibility index (Phi) is 6.79. The Morgan fingerprint density at radius 2 is 1.72 bits per heavy atom. The zero-order valence-electron chi connectivity index (χ0n) is 17.3. The fourth-order valence-electron chi connectivity index (χ4n) is 3.61. The summed E-state index contributed by atoms with van der Waals surface area (Å²) in [6.45, 7) is 1.22. The Balaban J connectivity index is 1.44. The van der Waals surface area contributed by atoms with Gasteiger partial charge in [-0.05, 0) is 47.9 Å². The number of benzene rings is 3. The number of fused-ring (bicyclic) bond motifs is 1. The van der Waals surface area contributed by atoms with Gasteiger partial charge in [-0.25, -0.2) is 8.42 Å². The summed E-state index contributed by atoms with van der Waals surface area (Å²) in [5.41, 5.74) is 2.27. The molecular formula is C24H23ClN2O4S. The van der Waals surface area contributed by atoms with Crippen LogP contribution in [0.25, 0.3) is 0 Å². The fourth-order valence-corrected chi connectivity index (χ4v) is 5.26. The van der Waals surface area contributed by atoms with Crippen molar-refractivity contribution in [3.05, 3.63) is 94.5 Å². The Morgan fingerprint density at radius 3 is 2.50 bits per heavy atom. The molecule has 1 heterocycles. The first-order chi connectivity index (χ1) is 15.4. The van der Waals surface area contributed by atoms with E-state index in [9.17, 15) is 13.2 Å². The average Bonchev–Trinajstić information content (AvgIpc) is 2.82. The van der Waals surface area contributed by atoms with Crippen molar-refractivity contribution in [2.75, 3.05) is 19.7 Å². The molecular weight excluding hydrogens is 448 g/mol. The molecule has 0 fully saturated rings. The van der Waals surface area contributed by atoms with Crippen molar-refractivity contribution in [1.29, 1.82) is 0 Å². The number of carbonyl (C=O) groups is 1. The van der Waals surface area contributed by atoms with Crippen molar-refractivity contribution in [2.24, 2.45) is 0 Å². The molecule has 0 bridgehead atoms. The van der Waals surface area contributed by atoms with Crippen LogP contribution >= 0.6 is 11.6 Å². The highest BCUT2D eigenvalue weighted by molar-refractivity contribution is 7.89. The lowest BCUT2D eigenvalue weighted by Crippen LogP contribution is -2.36. The number of hydrogen-bond donors (Lipinski definition) is 1. The van der Waals surface area contributed by atoms with Crippen molar-refractivity contribution >= 4 is 27.5 Å². The number of para-hydroxylation sites is 1. The zero-order valence-corrected chi connectivity index (χ0v) is 18.9. The van der Waals surface area contributed by atoms with Gasteiger partial charge < -0.3 is 10.1 Å². The summed E-state index contributed by atoms with van der Waals surface area (Å²) >= 11 is 6.20. The van der Waals surface area contributed by atoms with E-state index in [0.29, 0.717) is 25.3 Å². The third-order valence-corrected chi connectivity index (χ3v) is 7.49. The van der Waals surface area contributed by atoms with E-state index in [2.05, 4.69) is 5.32 Å². The number of nitrogens with zero attached hydrogens (tertiary/aromatic N) is 1. The molecule has 32 heavy (non-hydrogen) atoms. The maximum Gasteiger partial charge on any atom is 0.252 e. The van der Waals surface area contributed by atoms with Crippen LogP contribution in [0, 0.1) is 0 Å². The molecule has 6 nitrogen and oxygen atoms in total. The molecule has 166 valence electrons. The van der Waals surface area contributed by atoms with Gasteiger partial charge in [-0.1, -0.05) is 54.1 Å². The van der Waals surface area contributed by atoms with Crippen molar-refractivity contribution < 1.29 is 17.9 Å². The van der Waals surface area contributed by atoms with Crippen LogP contribution in [0.5, 0.6) is 5.75 Å². The number of ether oxygens (including phenoxy) is 1. The van der Waals surface area contributed by atoms with Gasteiger partial charge in [0.2, 0.25) is 10.0 Å². The number of nitrogens with one attached hydrogen (secondary N) is 1. The zero-order chi connectivity index (χ0) is 22.6. The SMILES string of the molecule is O=C(NCCOc1ccccc1)c1cc(S(=O)(=O)N2CCc3ccccc3C2)ccc1Cl. The lowest BCUT2D eigenvalue weighted by atomic mass is 10.0. The summed E-state index contributed by atoms with van der Waals surface area (Å²) in [6.07, 6.45) is 0.651. The van der Waals surface area contributed by atoms with E-state index in [1.165, 1.54) is 22.5 Å². The van der Waals surface area contributed by atoms with Gasteiger partial charge >= 0.3 is 0 Å². The van der Waals surface area contributed by atoms with Crippen molar-refractivity contribution in [1.82, 2.24) is 9.62 Å². The lowest BCUT2D eigenvalue weighted by Gasteiger charge is -2.28. The average molecular weight is 471 g/mol. The second kappa shape index (κ2) is 9.73. The van der Waals surface area contributed by atoms with Crippen LogP contribution in [0.4, 0.5) is 0 Å². The van der Waals surface area contributed by atoms with E-state index in [-0.39, 0.29) is 28.6 Å². The molecule has 0 spiro atoms. The van der Waals surface area contributed by atoms with Crippen LogP contribution in [-0.4, -0.2) is 38.3 Å². The summed E-state index contributed by atoms with van der Waals surface area (Å²) in [4.78, 5) is 12.7. The minimum absolute atomic E-state index is 0.0481. The van der Waals surface area contributed by atoms with E-state index < -0.39 is 15.9 Å². The van der Waals surface area contributed by atoms with E-state index in [1.54, 1.807) is 0 Å². The molecule has 8 heteroatoms. The summed E-state index contributed by atoms with van der Waals surface area (Å²) < 4.78 is 33.5. The first-order valence-corrected chi connectivity index (χ1v) is 12.1. The molecule has 3 aromatic rings. The molecule has 0 aliphatic carbocycles. The normalized spacial score (nSPS) is 13.9. The topological polar surface area (TPSA) is 75.7 Å². The number of hydrogen-bond acceptors (Lipinski definition) is 4. The molecule has 0 radical (unpaired) electrons. The summed E-state index contributed by atoms with van der Waals surface area (Å²) in [5, 5.41) is 2.91. The third kappa shape index (κ3) is 4.96. The molecule has 0 saturated heterocycles. The van der Waals surface area contributed by atoms with Crippen molar-refractivity contribution in [3.63, 3.8) is 0 Å². The molecule has 0 saturated carbocycles. The van der Waals surface area contributed by atoms with E-state index in [0.717, 1.165) is 11.1 Å². The van der Waals surface area contributed by atoms with Gasteiger partial charge in [0.15, 0.2) is 0 Å². The number of halogens is 1. The molecule has 0 unspecified atom stereocenters. The molecule has 4 rings (SSSR count).